The molecule has 0 saturated carbocycles. The van der Waals surface area contributed by atoms with Crippen molar-refractivity contribution >= 4 is 49.6 Å². The number of amides is 1. The van der Waals surface area contributed by atoms with E-state index in [2.05, 4.69) is 25.5 Å². The summed E-state index contributed by atoms with van der Waals surface area (Å²) in [5, 5.41) is 0. The summed E-state index contributed by atoms with van der Waals surface area (Å²) in [5.41, 5.74) is 4.94. The summed E-state index contributed by atoms with van der Waals surface area (Å²) in [5.74, 6) is -3.18. The monoisotopic (exact) mass is 678 g/mol. The number of benzene rings is 2. The quantitative estimate of drug-likeness (QED) is 0.122. The van der Waals surface area contributed by atoms with Gasteiger partial charge in [0.25, 0.3) is 5.91 Å². The number of halogens is 2. The van der Waals surface area contributed by atoms with Crippen molar-refractivity contribution in [1.29, 1.82) is 0 Å². The zero-order chi connectivity index (χ0) is 28.2. The predicted molar refractivity (Wildman–Crippen MR) is 153 cm³/mol. The van der Waals surface area contributed by atoms with Crippen molar-refractivity contribution in [2.24, 2.45) is 5.73 Å². The number of rotatable bonds is 18. The Bertz CT molecular complexity index is 1120. The first-order valence-corrected chi connectivity index (χ1v) is 23.2. The fourth-order valence-electron chi connectivity index (χ4n) is 4.63. The number of carbonyl (C=O) groups is 1. The van der Waals surface area contributed by atoms with E-state index in [0.29, 0.717) is 0 Å². The number of primary amides is 1. The molecule has 0 heterocycles. The fraction of sp³-hybridized carbons (Fsp3) is 0.519. The Morgan fingerprint density at radius 1 is 0.974 bits per heavy atom. The van der Waals surface area contributed by atoms with Gasteiger partial charge in [-0.3, -0.25) is 4.79 Å². The number of unbranched alkanes of at least 4 members (excludes halogenated alkanes) is 2. The minimum absolute atomic E-state index is 0.0872. The molecule has 0 spiro atoms. The zero-order valence-electron chi connectivity index (χ0n) is 22.5. The summed E-state index contributed by atoms with van der Waals surface area (Å²) < 4.78 is 66.7. The molecule has 0 aliphatic rings. The minimum atomic E-state index is -3.71. The molecular formula is C27H40F2N2O4S2Sn. The first-order chi connectivity index (χ1) is 18.1. The van der Waals surface area contributed by atoms with Crippen LogP contribution in [0.2, 0.25) is 13.3 Å². The van der Waals surface area contributed by atoms with Crippen LogP contribution in [0.15, 0.2) is 46.2 Å². The van der Waals surface area contributed by atoms with Gasteiger partial charge in [-0.15, -0.1) is 0 Å². The maximum atomic E-state index is 14.1. The molecule has 6 nitrogen and oxygen atoms in total. The molecule has 11 heteroatoms. The van der Waals surface area contributed by atoms with E-state index in [4.69, 9.17) is 10.5 Å². The Morgan fingerprint density at radius 3 is 2.05 bits per heavy atom. The van der Waals surface area contributed by atoms with Gasteiger partial charge >= 0.3 is 193 Å². The van der Waals surface area contributed by atoms with Crippen LogP contribution in [0.5, 0.6) is 5.75 Å². The SMILES string of the molecule is CCC[CH2][Sn]([CH2]CC)([CH2]CCC)[c]1ccc(S(=O)(=O)NCCSc2cc(F)c(OCC(N)=O)c(F)c2)cc1. The predicted octanol–water partition coefficient (Wildman–Crippen LogP) is 5.57. The van der Waals surface area contributed by atoms with Crippen LogP contribution >= 0.6 is 11.8 Å². The van der Waals surface area contributed by atoms with Gasteiger partial charge < -0.3 is 10.5 Å². The van der Waals surface area contributed by atoms with Crippen LogP contribution in [0, 0.1) is 11.6 Å². The average Bonchev–Trinajstić information content (AvgIpc) is 2.88. The van der Waals surface area contributed by atoms with Crippen LogP contribution in [0.1, 0.15) is 52.9 Å². The van der Waals surface area contributed by atoms with Gasteiger partial charge in [0.1, 0.15) is 0 Å². The molecule has 0 saturated heterocycles. The number of nitrogens with one attached hydrogen (secondary N) is 1. The molecular weight excluding hydrogens is 637 g/mol. The summed E-state index contributed by atoms with van der Waals surface area (Å²) in [6.45, 7) is 6.16. The van der Waals surface area contributed by atoms with Crippen molar-refractivity contribution in [3.05, 3.63) is 48.0 Å². The molecule has 2 rings (SSSR count). The molecule has 0 radical (unpaired) electrons. The van der Waals surface area contributed by atoms with E-state index in [-0.39, 0.29) is 22.1 Å². The number of hydrogen-bond acceptors (Lipinski definition) is 5. The number of hydrogen-bond donors (Lipinski definition) is 2. The van der Waals surface area contributed by atoms with Crippen LogP contribution < -0.4 is 18.8 Å². The van der Waals surface area contributed by atoms with Crippen LogP contribution in [0.25, 0.3) is 0 Å². The van der Waals surface area contributed by atoms with Crippen LogP contribution in [-0.4, -0.2) is 51.6 Å². The van der Waals surface area contributed by atoms with E-state index in [1.807, 2.05) is 12.1 Å². The molecule has 0 unspecified atom stereocenters. The standard InChI is InChI=1S/C16H15F2N2O4S2.2C4H9.C3H7.Sn/c17-13-8-11(9-14(18)16(13)24-10-15(19)21)25-7-6-20-26(22,23)12-4-2-1-3-5-12;2*1-3-4-2;1-3-2;/h2-5,8-9,20H,6-7,10H2,(H2,19,21);2*1,3-4H2,2H3;1,3H2,2H3;. The summed E-state index contributed by atoms with van der Waals surface area (Å²) in [7, 11) is -3.71. The molecule has 1 amide bonds. The van der Waals surface area contributed by atoms with Gasteiger partial charge in [0.05, 0.1) is 0 Å². The van der Waals surface area contributed by atoms with Crippen molar-refractivity contribution in [3.8, 4) is 5.75 Å². The van der Waals surface area contributed by atoms with E-state index < -0.39 is 58.3 Å². The van der Waals surface area contributed by atoms with Gasteiger partial charge in [0.15, 0.2) is 12.4 Å². The second-order valence-corrected chi connectivity index (χ2v) is 25.7. The molecule has 38 heavy (non-hydrogen) atoms. The zero-order valence-corrected chi connectivity index (χ0v) is 27.0. The van der Waals surface area contributed by atoms with Crippen molar-refractivity contribution in [1.82, 2.24) is 4.72 Å². The fourth-order valence-corrected chi connectivity index (χ4v) is 22.3. The third kappa shape index (κ3) is 9.67. The van der Waals surface area contributed by atoms with Gasteiger partial charge in [0.2, 0.25) is 0 Å². The Balaban J connectivity index is 2.03. The average molecular weight is 677 g/mol. The topological polar surface area (TPSA) is 98.5 Å². The van der Waals surface area contributed by atoms with E-state index in [1.165, 1.54) is 49.0 Å². The molecule has 2 aromatic carbocycles. The summed E-state index contributed by atoms with van der Waals surface area (Å²) in [4.78, 5) is 11.3. The first-order valence-electron chi connectivity index (χ1n) is 13.2. The van der Waals surface area contributed by atoms with Crippen molar-refractivity contribution < 1.29 is 26.7 Å². The van der Waals surface area contributed by atoms with Crippen molar-refractivity contribution in [3.63, 3.8) is 0 Å². The summed E-state index contributed by atoms with van der Waals surface area (Å²) >= 11 is -1.51. The maximum absolute atomic E-state index is 14.1. The number of nitrogens with two attached hydrogens (primary N) is 1. The first kappa shape index (κ1) is 32.8. The third-order valence-electron chi connectivity index (χ3n) is 6.52. The number of ether oxygens (including phenoxy) is 1. The Morgan fingerprint density at radius 2 is 1.55 bits per heavy atom. The van der Waals surface area contributed by atoms with E-state index >= 15 is 0 Å². The Labute approximate surface area is 234 Å². The Kier molecular flexibility index (Phi) is 13.9. The van der Waals surface area contributed by atoms with E-state index in [0.717, 1.165) is 23.9 Å². The molecule has 2 aromatic rings. The Hall–Kier alpha value is -1.37. The van der Waals surface area contributed by atoms with Crippen molar-refractivity contribution in [2.45, 2.75) is 76.0 Å². The number of carbonyl (C=O) groups excluding carboxylic acids is 1. The normalized spacial score (nSPS) is 12.0. The third-order valence-corrected chi connectivity index (χ3v) is 25.1. The van der Waals surface area contributed by atoms with Gasteiger partial charge in [-0.1, -0.05) is 0 Å². The van der Waals surface area contributed by atoms with Gasteiger partial charge in [-0.05, 0) is 0 Å². The molecule has 3 N–H and O–H groups in total. The van der Waals surface area contributed by atoms with Gasteiger partial charge in [-0.25, -0.2) is 8.78 Å². The molecule has 0 aliphatic heterocycles. The molecule has 0 aliphatic carbocycles. The van der Waals surface area contributed by atoms with Crippen molar-refractivity contribution in [2.75, 3.05) is 18.9 Å². The summed E-state index contributed by atoms with van der Waals surface area (Å²) in [6, 6.07) is 9.69. The number of sulfonamides is 1. The molecule has 0 atom stereocenters. The van der Waals surface area contributed by atoms with E-state index in [1.54, 1.807) is 12.1 Å². The number of thioether (sulfide) groups is 1. The molecule has 0 fully saturated rings. The molecule has 0 aromatic heterocycles. The van der Waals surface area contributed by atoms with Gasteiger partial charge in [-0.2, -0.15) is 0 Å². The van der Waals surface area contributed by atoms with E-state index in [9.17, 15) is 22.0 Å². The second-order valence-electron chi connectivity index (χ2n) is 9.48. The molecule has 0 bridgehead atoms. The van der Waals surface area contributed by atoms with Crippen LogP contribution in [-0.2, 0) is 14.8 Å². The van der Waals surface area contributed by atoms with Gasteiger partial charge in [0, 0.05) is 0 Å². The molecule has 212 valence electrons. The second kappa shape index (κ2) is 16.0. The van der Waals surface area contributed by atoms with Crippen LogP contribution in [0.4, 0.5) is 8.78 Å². The van der Waals surface area contributed by atoms with Crippen LogP contribution in [0.3, 0.4) is 0 Å². The summed E-state index contributed by atoms with van der Waals surface area (Å²) in [6.07, 6.45) is 5.98.